The SMILES string of the molecule is O=C(Cc1ccc(N2CCCC2=O)cc1)NCC(c1ccccc1)c1c[nH]c2ccccc12. The van der Waals surface area contributed by atoms with Crippen LogP contribution in [0.3, 0.4) is 0 Å². The van der Waals surface area contributed by atoms with Crippen LogP contribution in [0.5, 0.6) is 0 Å². The second kappa shape index (κ2) is 9.33. The molecule has 0 saturated carbocycles. The molecule has 3 aromatic carbocycles. The molecule has 1 aliphatic rings. The molecule has 1 aromatic heterocycles. The van der Waals surface area contributed by atoms with E-state index in [1.807, 2.05) is 65.7 Å². The number of hydrogen-bond acceptors (Lipinski definition) is 2. The summed E-state index contributed by atoms with van der Waals surface area (Å²) in [5.41, 5.74) is 5.28. The Morgan fingerprint density at radius 3 is 2.48 bits per heavy atom. The van der Waals surface area contributed by atoms with Crippen LogP contribution in [0.2, 0.25) is 0 Å². The molecule has 1 saturated heterocycles. The van der Waals surface area contributed by atoms with E-state index < -0.39 is 0 Å². The second-order valence-corrected chi connectivity index (χ2v) is 8.55. The van der Waals surface area contributed by atoms with Crippen LogP contribution in [0, 0.1) is 0 Å². The molecule has 1 unspecified atom stereocenters. The van der Waals surface area contributed by atoms with Crippen molar-refractivity contribution in [3.05, 3.63) is 102 Å². The highest BCUT2D eigenvalue weighted by Crippen LogP contribution is 2.30. The van der Waals surface area contributed by atoms with Gasteiger partial charge in [0.1, 0.15) is 0 Å². The van der Waals surface area contributed by atoms with Crippen molar-refractivity contribution in [2.24, 2.45) is 0 Å². The van der Waals surface area contributed by atoms with Crippen LogP contribution < -0.4 is 10.2 Å². The average Bonchev–Trinajstić information content (AvgIpc) is 3.47. The lowest BCUT2D eigenvalue weighted by Crippen LogP contribution is -2.30. The van der Waals surface area contributed by atoms with E-state index in [4.69, 9.17) is 0 Å². The number of anilines is 1. The second-order valence-electron chi connectivity index (χ2n) is 8.55. The Balaban J connectivity index is 1.28. The van der Waals surface area contributed by atoms with Gasteiger partial charge in [-0.1, -0.05) is 60.7 Å². The monoisotopic (exact) mass is 437 g/mol. The van der Waals surface area contributed by atoms with Crippen molar-refractivity contribution in [1.82, 2.24) is 10.3 Å². The van der Waals surface area contributed by atoms with Crippen molar-refractivity contribution < 1.29 is 9.59 Å². The van der Waals surface area contributed by atoms with Gasteiger partial charge in [-0.3, -0.25) is 9.59 Å². The number of carbonyl (C=O) groups excluding carboxylic acids is 2. The summed E-state index contributed by atoms with van der Waals surface area (Å²) >= 11 is 0. The van der Waals surface area contributed by atoms with Gasteiger partial charge in [0.05, 0.1) is 6.42 Å². The van der Waals surface area contributed by atoms with Crippen LogP contribution in [-0.4, -0.2) is 29.9 Å². The normalized spacial score (nSPS) is 14.5. The summed E-state index contributed by atoms with van der Waals surface area (Å²) in [4.78, 5) is 29.9. The predicted molar refractivity (Wildman–Crippen MR) is 131 cm³/mol. The van der Waals surface area contributed by atoms with Crippen molar-refractivity contribution in [3.8, 4) is 0 Å². The molecule has 2 N–H and O–H groups in total. The highest BCUT2D eigenvalue weighted by atomic mass is 16.2. The van der Waals surface area contributed by atoms with Crippen molar-refractivity contribution in [1.29, 1.82) is 0 Å². The highest BCUT2D eigenvalue weighted by molar-refractivity contribution is 5.95. The molecule has 2 heterocycles. The average molecular weight is 438 g/mol. The number of benzene rings is 3. The Kier molecular flexibility index (Phi) is 5.94. The first kappa shape index (κ1) is 21.0. The number of hydrogen-bond donors (Lipinski definition) is 2. The molecule has 0 bridgehead atoms. The van der Waals surface area contributed by atoms with Gasteiger partial charge in [-0.15, -0.1) is 0 Å². The van der Waals surface area contributed by atoms with Crippen LogP contribution in [0.15, 0.2) is 85.1 Å². The van der Waals surface area contributed by atoms with E-state index in [0.717, 1.165) is 29.7 Å². The number of nitrogens with zero attached hydrogens (tertiary/aromatic N) is 1. The number of aromatic amines is 1. The van der Waals surface area contributed by atoms with E-state index >= 15 is 0 Å². The molecule has 1 atom stereocenters. The van der Waals surface area contributed by atoms with Gasteiger partial charge < -0.3 is 15.2 Å². The number of carbonyl (C=O) groups is 2. The summed E-state index contributed by atoms with van der Waals surface area (Å²) in [6.45, 7) is 1.29. The maximum Gasteiger partial charge on any atom is 0.227 e. The summed E-state index contributed by atoms with van der Waals surface area (Å²) in [5, 5.41) is 4.32. The lowest BCUT2D eigenvalue weighted by Gasteiger charge is -2.18. The number of rotatable bonds is 7. The Labute approximate surface area is 193 Å². The molecule has 1 fully saturated rings. The number of para-hydroxylation sites is 1. The molecule has 4 aromatic rings. The van der Waals surface area contributed by atoms with Crippen molar-refractivity contribution >= 4 is 28.4 Å². The zero-order chi connectivity index (χ0) is 22.6. The lowest BCUT2D eigenvalue weighted by molar-refractivity contribution is -0.120. The van der Waals surface area contributed by atoms with Gasteiger partial charge in [0.2, 0.25) is 11.8 Å². The fraction of sp³-hybridized carbons (Fsp3) is 0.214. The molecule has 5 rings (SSSR count). The Morgan fingerprint density at radius 2 is 1.73 bits per heavy atom. The maximum absolute atomic E-state index is 12.8. The van der Waals surface area contributed by atoms with Crippen molar-refractivity contribution in [2.45, 2.75) is 25.2 Å². The molecule has 0 radical (unpaired) electrons. The Bertz CT molecular complexity index is 1260. The number of fused-ring (bicyclic) bond motifs is 1. The zero-order valence-corrected chi connectivity index (χ0v) is 18.5. The van der Waals surface area contributed by atoms with Gasteiger partial charge in [-0.2, -0.15) is 0 Å². The number of H-pyrrole nitrogens is 1. The third kappa shape index (κ3) is 4.53. The van der Waals surface area contributed by atoms with Gasteiger partial charge in [0.25, 0.3) is 0 Å². The summed E-state index contributed by atoms with van der Waals surface area (Å²) < 4.78 is 0. The standard InChI is InChI=1S/C28H27N3O2/c32-27(17-20-12-14-22(15-13-20)31-16-6-11-28(31)33)30-18-24(21-7-2-1-3-8-21)25-19-29-26-10-5-4-9-23(25)26/h1-5,7-10,12-15,19,24,29H,6,11,16-18H2,(H,30,32). The third-order valence-electron chi connectivity index (χ3n) is 6.39. The molecule has 1 aliphatic heterocycles. The summed E-state index contributed by atoms with van der Waals surface area (Å²) in [6, 6.07) is 26.3. The Morgan fingerprint density at radius 1 is 0.970 bits per heavy atom. The first-order chi connectivity index (χ1) is 16.2. The maximum atomic E-state index is 12.8. The number of nitrogens with one attached hydrogen (secondary N) is 2. The molecular weight excluding hydrogens is 410 g/mol. The van der Waals surface area contributed by atoms with Crippen LogP contribution >= 0.6 is 0 Å². The molecule has 2 amide bonds. The topological polar surface area (TPSA) is 65.2 Å². The zero-order valence-electron chi connectivity index (χ0n) is 18.5. The number of aromatic nitrogens is 1. The van der Waals surface area contributed by atoms with E-state index in [0.29, 0.717) is 19.4 Å². The summed E-state index contributed by atoms with van der Waals surface area (Å²) in [5.74, 6) is 0.209. The third-order valence-corrected chi connectivity index (χ3v) is 6.39. The number of amides is 2. The molecule has 166 valence electrons. The molecule has 5 nitrogen and oxygen atoms in total. The van der Waals surface area contributed by atoms with Crippen molar-refractivity contribution in [2.75, 3.05) is 18.0 Å². The predicted octanol–water partition coefficient (Wildman–Crippen LogP) is 4.79. The lowest BCUT2D eigenvalue weighted by atomic mass is 9.91. The van der Waals surface area contributed by atoms with Gasteiger partial charge in [-0.25, -0.2) is 0 Å². The quantitative estimate of drug-likeness (QED) is 0.437. The van der Waals surface area contributed by atoms with Gasteiger partial charge >= 0.3 is 0 Å². The first-order valence-electron chi connectivity index (χ1n) is 11.5. The van der Waals surface area contributed by atoms with Crippen LogP contribution in [0.4, 0.5) is 5.69 Å². The minimum Gasteiger partial charge on any atom is -0.361 e. The largest absolute Gasteiger partial charge is 0.361 e. The molecule has 0 spiro atoms. The first-order valence-corrected chi connectivity index (χ1v) is 11.5. The Hall–Kier alpha value is -3.86. The molecule has 33 heavy (non-hydrogen) atoms. The molecule has 0 aliphatic carbocycles. The molecular formula is C28H27N3O2. The minimum atomic E-state index is -0.0132. The minimum absolute atomic E-state index is 0.0132. The fourth-order valence-corrected chi connectivity index (χ4v) is 4.65. The summed E-state index contributed by atoms with van der Waals surface area (Å²) in [6.07, 6.45) is 3.88. The molecule has 5 heteroatoms. The van der Waals surface area contributed by atoms with E-state index in [1.165, 1.54) is 16.5 Å². The van der Waals surface area contributed by atoms with E-state index in [1.54, 1.807) is 0 Å². The van der Waals surface area contributed by atoms with Crippen molar-refractivity contribution in [3.63, 3.8) is 0 Å². The van der Waals surface area contributed by atoms with Crippen LogP contribution in [-0.2, 0) is 16.0 Å². The van der Waals surface area contributed by atoms with Gasteiger partial charge in [-0.05, 0) is 41.3 Å². The van der Waals surface area contributed by atoms with Crippen LogP contribution in [0.1, 0.15) is 35.4 Å². The van der Waals surface area contributed by atoms with E-state index in [-0.39, 0.29) is 17.7 Å². The summed E-state index contributed by atoms with van der Waals surface area (Å²) in [7, 11) is 0. The van der Waals surface area contributed by atoms with E-state index in [9.17, 15) is 9.59 Å². The highest BCUT2D eigenvalue weighted by Gasteiger charge is 2.22. The fourth-order valence-electron chi connectivity index (χ4n) is 4.65. The van der Waals surface area contributed by atoms with Gasteiger partial charge in [0.15, 0.2) is 0 Å². The van der Waals surface area contributed by atoms with Crippen LogP contribution in [0.25, 0.3) is 10.9 Å². The smallest absolute Gasteiger partial charge is 0.227 e. The van der Waals surface area contributed by atoms with E-state index in [2.05, 4.69) is 34.6 Å². The van der Waals surface area contributed by atoms with Gasteiger partial charge in [0, 0.05) is 48.2 Å².